The van der Waals surface area contributed by atoms with Crippen LogP contribution in [0.25, 0.3) is 21.1 Å². The Kier molecular flexibility index (Phi) is 9.34. The van der Waals surface area contributed by atoms with E-state index in [9.17, 15) is 28.3 Å². The molecule has 0 bridgehead atoms. The number of amides is 1. The minimum absolute atomic E-state index is 0.139. The third-order valence-corrected chi connectivity index (χ3v) is 9.67. The zero-order chi connectivity index (χ0) is 34.0. The molecule has 0 spiro atoms. The van der Waals surface area contributed by atoms with Crippen molar-refractivity contribution in [2.75, 3.05) is 23.7 Å². The van der Waals surface area contributed by atoms with Crippen molar-refractivity contribution >= 4 is 49.9 Å². The van der Waals surface area contributed by atoms with Crippen LogP contribution in [-0.4, -0.2) is 60.7 Å². The number of benzene rings is 1. The normalized spacial score (nSPS) is 14.3. The van der Waals surface area contributed by atoms with Crippen molar-refractivity contribution in [3.8, 4) is 11.9 Å². The molecule has 0 atom stereocenters. The van der Waals surface area contributed by atoms with Crippen LogP contribution in [0.15, 0.2) is 55.4 Å². The van der Waals surface area contributed by atoms with Crippen LogP contribution in [0, 0.1) is 18.3 Å². The Balaban J connectivity index is 1.09. The van der Waals surface area contributed by atoms with Gasteiger partial charge in [0.15, 0.2) is 0 Å². The number of nitrogens with one attached hydrogen (secondary N) is 2. The van der Waals surface area contributed by atoms with E-state index in [0.29, 0.717) is 40.4 Å². The molecule has 0 radical (unpaired) electrons. The summed E-state index contributed by atoms with van der Waals surface area (Å²) in [7, 11) is 0. The molecule has 1 amide bonds. The van der Waals surface area contributed by atoms with Gasteiger partial charge in [0.05, 0.1) is 11.8 Å². The minimum Gasteiger partial charge on any atom is -0.492 e. The van der Waals surface area contributed by atoms with Crippen molar-refractivity contribution < 1.29 is 23.1 Å². The number of hydrogen-bond acceptors (Lipinski definition) is 9. The van der Waals surface area contributed by atoms with Gasteiger partial charge in [-0.05, 0) is 67.3 Å². The average molecular weight is 675 g/mol. The monoisotopic (exact) mass is 674 g/mol. The fourth-order valence-electron chi connectivity index (χ4n) is 6.14. The molecular weight excluding hydrogens is 641 g/mol. The number of carbonyl (C=O) groups is 1. The molecule has 5 aromatic rings. The van der Waals surface area contributed by atoms with E-state index in [4.69, 9.17) is 0 Å². The number of nitriles is 1. The number of piperidine rings is 1. The number of anilines is 2. The van der Waals surface area contributed by atoms with E-state index >= 15 is 0 Å². The standard InChI is InChI=1S/C34H33F3N8O2S/c1-3-30(46)43-28-6-5-22(42-32(28)47)10-13-45-24(17-38)14-26-20(2)21(4-7-29(26)45)18-44-11-8-23(9-12-44)41-31-27-15-25(16-34(35,36)37)48-33(27)40-19-39-31/h3-7,14-15,19,23H,1,8-13,16,18H2,2H3,(H,42,47)(H,43,46)(H,39,40,41). The Hall–Kier alpha value is -5.00. The van der Waals surface area contributed by atoms with E-state index < -0.39 is 18.5 Å². The fourth-order valence-corrected chi connectivity index (χ4v) is 7.16. The van der Waals surface area contributed by atoms with Crippen LogP contribution in [0.2, 0.25) is 0 Å². The van der Waals surface area contributed by atoms with Crippen molar-refractivity contribution in [1.82, 2.24) is 24.4 Å². The summed E-state index contributed by atoms with van der Waals surface area (Å²) in [4.78, 5) is 27.4. The van der Waals surface area contributed by atoms with Crippen molar-refractivity contribution in [3.05, 3.63) is 82.8 Å². The first kappa shape index (κ1) is 32.9. The van der Waals surface area contributed by atoms with Crippen LogP contribution in [0.4, 0.5) is 24.7 Å². The number of halogens is 3. The van der Waals surface area contributed by atoms with Crippen LogP contribution in [-0.2, 0) is 30.7 Å². The van der Waals surface area contributed by atoms with Crippen molar-refractivity contribution in [1.29, 1.82) is 5.26 Å². The number of aromatic hydroxyl groups is 1. The summed E-state index contributed by atoms with van der Waals surface area (Å²) in [5.74, 6) is -0.157. The second kappa shape index (κ2) is 13.6. The van der Waals surface area contributed by atoms with Crippen LogP contribution in [0.5, 0.6) is 5.88 Å². The molecule has 1 fully saturated rings. The van der Waals surface area contributed by atoms with Crippen LogP contribution >= 0.6 is 11.3 Å². The van der Waals surface area contributed by atoms with Gasteiger partial charge in [0, 0.05) is 60.1 Å². The maximum Gasteiger partial charge on any atom is 0.393 e. The van der Waals surface area contributed by atoms with Gasteiger partial charge in [0.2, 0.25) is 11.8 Å². The summed E-state index contributed by atoms with van der Waals surface area (Å²) in [6.07, 6.45) is -0.574. The number of hydrogen-bond donors (Lipinski definition) is 3. The van der Waals surface area contributed by atoms with E-state index in [1.807, 2.05) is 16.7 Å². The lowest BCUT2D eigenvalue weighted by molar-refractivity contribution is -0.126. The number of nitrogens with zero attached hydrogens (tertiary/aromatic N) is 6. The summed E-state index contributed by atoms with van der Waals surface area (Å²) in [5.41, 5.74) is 4.57. The third kappa shape index (κ3) is 7.27. The van der Waals surface area contributed by atoms with Crippen LogP contribution in [0.3, 0.4) is 0 Å². The highest BCUT2D eigenvalue weighted by molar-refractivity contribution is 7.18. The molecule has 48 heavy (non-hydrogen) atoms. The van der Waals surface area contributed by atoms with Gasteiger partial charge in [-0.1, -0.05) is 12.6 Å². The number of aryl methyl sites for hydroxylation is 3. The molecule has 5 heterocycles. The number of thiophene rings is 1. The van der Waals surface area contributed by atoms with Gasteiger partial charge < -0.3 is 20.3 Å². The average Bonchev–Trinajstić information content (AvgIpc) is 3.63. The number of fused-ring (bicyclic) bond motifs is 2. The highest BCUT2D eigenvalue weighted by Gasteiger charge is 2.29. The largest absolute Gasteiger partial charge is 0.492 e. The summed E-state index contributed by atoms with van der Waals surface area (Å²) in [6, 6.07) is 13.4. The summed E-state index contributed by atoms with van der Waals surface area (Å²) >= 11 is 1.05. The molecule has 1 aliphatic heterocycles. The van der Waals surface area contributed by atoms with Gasteiger partial charge in [0.1, 0.15) is 34.4 Å². The lowest BCUT2D eigenvalue weighted by Gasteiger charge is -2.33. The minimum atomic E-state index is -4.27. The molecule has 1 aromatic carbocycles. The molecular formula is C34H33F3N8O2S. The Bertz CT molecular complexity index is 2040. The Morgan fingerprint density at radius 1 is 1.19 bits per heavy atom. The summed E-state index contributed by atoms with van der Waals surface area (Å²) in [5, 5.41) is 27.8. The molecule has 14 heteroatoms. The second-order valence-corrected chi connectivity index (χ2v) is 12.9. The zero-order valence-corrected chi connectivity index (χ0v) is 27.0. The molecule has 1 saturated heterocycles. The molecule has 10 nitrogen and oxygen atoms in total. The maximum absolute atomic E-state index is 12.9. The molecule has 0 aliphatic carbocycles. The van der Waals surface area contributed by atoms with Gasteiger partial charge in [-0.3, -0.25) is 9.69 Å². The molecule has 1 aliphatic rings. The van der Waals surface area contributed by atoms with Gasteiger partial charge in [-0.2, -0.15) is 18.4 Å². The first-order valence-corrected chi connectivity index (χ1v) is 16.3. The second-order valence-electron chi connectivity index (χ2n) is 11.8. The van der Waals surface area contributed by atoms with Crippen molar-refractivity contribution in [2.24, 2.45) is 0 Å². The molecule has 0 saturated carbocycles. The molecule has 248 valence electrons. The predicted molar refractivity (Wildman–Crippen MR) is 179 cm³/mol. The lowest BCUT2D eigenvalue weighted by atomic mass is 10.0. The molecule has 4 aromatic heterocycles. The SMILES string of the molecule is C=CC(=O)Nc1ccc(CCn2c(C#N)cc3c(C)c(CN4CCC(Nc5ncnc6sc(CC(F)(F)F)cc56)CC4)ccc32)nc1O. The number of carbonyl (C=O) groups excluding carboxylic acids is 1. The maximum atomic E-state index is 12.9. The van der Waals surface area contributed by atoms with Crippen LogP contribution in [0.1, 0.15) is 40.2 Å². The Morgan fingerprint density at radius 3 is 2.69 bits per heavy atom. The van der Waals surface area contributed by atoms with E-state index in [2.05, 4.69) is 56.1 Å². The highest BCUT2D eigenvalue weighted by Crippen LogP contribution is 2.34. The number of aromatic nitrogens is 4. The fraction of sp³-hybridized carbons (Fsp3) is 0.324. The van der Waals surface area contributed by atoms with E-state index in [0.717, 1.165) is 66.4 Å². The molecule has 0 unspecified atom stereocenters. The summed E-state index contributed by atoms with van der Waals surface area (Å²) in [6.45, 7) is 8.38. The lowest BCUT2D eigenvalue weighted by Crippen LogP contribution is -2.39. The van der Waals surface area contributed by atoms with Crippen LogP contribution < -0.4 is 10.6 Å². The number of likely N-dealkylation sites (tertiary alicyclic amines) is 1. The highest BCUT2D eigenvalue weighted by atomic mass is 32.1. The van der Waals surface area contributed by atoms with E-state index in [1.54, 1.807) is 18.2 Å². The van der Waals surface area contributed by atoms with Gasteiger partial charge in [-0.15, -0.1) is 11.3 Å². The number of pyridine rings is 1. The van der Waals surface area contributed by atoms with Crippen molar-refractivity contribution in [3.63, 3.8) is 0 Å². The molecule has 3 N–H and O–H groups in total. The first-order chi connectivity index (χ1) is 23.0. The smallest absolute Gasteiger partial charge is 0.393 e. The van der Waals surface area contributed by atoms with E-state index in [1.165, 1.54) is 11.9 Å². The quantitative estimate of drug-likeness (QED) is 0.144. The Morgan fingerprint density at radius 2 is 1.98 bits per heavy atom. The van der Waals surface area contributed by atoms with Gasteiger partial charge in [0.25, 0.3) is 0 Å². The number of alkyl halides is 3. The first-order valence-electron chi connectivity index (χ1n) is 15.4. The summed E-state index contributed by atoms with van der Waals surface area (Å²) < 4.78 is 40.8. The topological polar surface area (TPSA) is 132 Å². The van der Waals surface area contributed by atoms with Gasteiger partial charge in [-0.25, -0.2) is 15.0 Å². The number of rotatable bonds is 10. The molecule has 6 rings (SSSR count). The predicted octanol–water partition coefficient (Wildman–Crippen LogP) is 6.48. The zero-order valence-electron chi connectivity index (χ0n) is 26.1. The van der Waals surface area contributed by atoms with Crippen molar-refractivity contribution in [2.45, 2.75) is 57.9 Å². The van der Waals surface area contributed by atoms with Gasteiger partial charge >= 0.3 is 6.18 Å². The Labute approximate surface area is 278 Å². The third-order valence-electron chi connectivity index (χ3n) is 8.63. The van der Waals surface area contributed by atoms with E-state index in [-0.39, 0.29) is 22.5 Å².